The van der Waals surface area contributed by atoms with Gasteiger partial charge >= 0.3 is 0 Å². The highest BCUT2D eigenvalue weighted by molar-refractivity contribution is 6.32. The molecule has 0 saturated heterocycles. The standard InChI is InChI=1S/C33H39N3O7/c1-6-17-8-7-16(14-35-15(2)3)11-20(17)19-9-10-23(37)25-21(19)12-18-13-22-27(36(4)5)29(39)26(32(34)42)31(41)33(22,43)30(40)24(18)28(25)38/h7-11,15,18,22,24,26-27,35,37,43H,6,12-14H2,1-5H3,(H2,34,42)/t18-,22-,24?,26?,27-,33-/m0/s1. The fourth-order valence-electron chi connectivity index (χ4n) is 7.47. The summed E-state index contributed by atoms with van der Waals surface area (Å²) in [5.41, 5.74) is 7.04. The summed E-state index contributed by atoms with van der Waals surface area (Å²) in [6.45, 7) is 6.81. The van der Waals surface area contributed by atoms with E-state index in [-0.39, 0.29) is 30.2 Å². The van der Waals surface area contributed by atoms with E-state index in [0.717, 1.165) is 28.7 Å². The number of hydrogen-bond acceptors (Lipinski definition) is 9. The number of fused-ring (bicyclic) bond motifs is 3. The zero-order valence-electron chi connectivity index (χ0n) is 25.1. The van der Waals surface area contributed by atoms with Gasteiger partial charge < -0.3 is 21.3 Å². The van der Waals surface area contributed by atoms with E-state index in [2.05, 4.69) is 37.4 Å². The number of likely N-dealkylation sites (N-methyl/N-ethyl adjacent to an activating group) is 1. The summed E-state index contributed by atoms with van der Waals surface area (Å²) in [6, 6.07) is 8.56. The van der Waals surface area contributed by atoms with Crippen LogP contribution in [-0.4, -0.2) is 75.9 Å². The largest absolute Gasteiger partial charge is 0.507 e. The van der Waals surface area contributed by atoms with Crippen molar-refractivity contribution in [3.8, 4) is 16.9 Å². The van der Waals surface area contributed by atoms with E-state index in [1.807, 2.05) is 6.92 Å². The van der Waals surface area contributed by atoms with Gasteiger partial charge in [0.15, 0.2) is 34.7 Å². The maximum absolute atomic E-state index is 14.1. The number of phenols is 1. The van der Waals surface area contributed by atoms with Gasteiger partial charge in [0, 0.05) is 18.5 Å². The number of carbonyl (C=O) groups excluding carboxylic acids is 5. The molecule has 2 saturated carbocycles. The number of nitrogens with two attached hydrogens (primary N) is 1. The van der Waals surface area contributed by atoms with Gasteiger partial charge in [-0.2, -0.15) is 0 Å². The van der Waals surface area contributed by atoms with Gasteiger partial charge in [-0.25, -0.2) is 0 Å². The molecule has 5 rings (SSSR count). The lowest BCUT2D eigenvalue weighted by molar-refractivity contribution is -0.181. The fourth-order valence-corrected chi connectivity index (χ4v) is 7.47. The highest BCUT2D eigenvalue weighted by atomic mass is 16.3. The molecule has 0 heterocycles. The van der Waals surface area contributed by atoms with Crippen molar-refractivity contribution < 1.29 is 34.2 Å². The van der Waals surface area contributed by atoms with Gasteiger partial charge in [-0.15, -0.1) is 0 Å². The summed E-state index contributed by atoms with van der Waals surface area (Å²) in [4.78, 5) is 68.6. The second-order valence-corrected chi connectivity index (χ2v) is 12.7. The first-order valence-electron chi connectivity index (χ1n) is 14.8. The van der Waals surface area contributed by atoms with Crippen LogP contribution in [0.5, 0.6) is 5.75 Å². The molecule has 2 unspecified atom stereocenters. The number of rotatable bonds is 7. The topological polar surface area (TPSA) is 167 Å². The first kappa shape index (κ1) is 30.7. The van der Waals surface area contributed by atoms with Crippen LogP contribution in [0.2, 0.25) is 0 Å². The number of nitrogens with zero attached hydrogens (tertiary/aromatic N) is 1. The van der Waals surface area contributed by atoms with E-state index < -0.39 is 64.4 Å². The molecule has 1 amide bonds. The maximum Gasteiger partial charge on any atom is 0.235 e. The molecule has 5 N–H and O–H groups in total. The Labute approximate surface area is 250 Å². The monoisotopic (exact) mass is 589 g/mol. The molecule has 2 aromatic rings. The number of phenolic OH excluding ortho intramolecular Hbond substituents is 1. The van der Waals surface area contributed by atoms with Crippen LogP contribution in [0, 0.1) is 23.7 Å². The number of aliphatic hydroxyl groups is 1. The Bertz CT molecular complexity index is 1550. The SMILES string of the molecule is CCc1ccc(CNC(C)C)cc1-c1ccc(O)c2c1C[C@H]1C[C@H]3[C@H](N(C)C)C(=O)C(C(N)=O)C(=O)[C@@]3(O)C(=O)C1C2=O. The number of aryl methyl sites for hydroxylation is 1. The second kappa shape index (κ2) is 11.1. The molecule has 3 aliphatic rings. The minimum Gasteiger partial charge on any atom is -0.507 e. The van der Waals surface area contributed by atoms with Crippen LogP contribution in [0.1, 0.15) is 54.2 Å². The van der Waals surface area contributed by atoms with Crippen molar-refractivity contribution in [3.05, 3.63) is 52.6 Å². The summed E-state index contributed by atoms with van der Waals surface area (Å²) in [7, 11) is 3.14. The molecule has 6 atom stereocenters. The molecule has 0 spiro atoms. The van der Waals surface area contributed by atoms with Crippen molar-refractivity contribution in [2.75, 3.05) is 14.1 Å². The molecule has 10 nitrogen and oxygen atoms in total. The van der Waals surface area contributed by atoms with Gasteiger partial charge in [-0.1, -0.05) is 39.0 Å². The van der Waals surface area contributed by atoms with Crippen LogP contribution < -0.4 is 11.1 Å². The normalized spacial score (nSPS) is 28.6. The van der Waals surface area contributed by atoms with Crippen LogP contribution in [0.15, 0.2) is 30.3 Å². The smallest absolute Gasteiger partial charge is 0.235 e. The number of aromatic hydroxyl groups is 1. The molecular formula is C33H39N3O7. The highest BCUT2D eigenvalue weighted by Crippen LogP contribution is 2.52. The predicted octanol–water partition coefficient (Wildman–Crippen LogP) is 1.59. The third-order valence-corrected chi connectivity index (χ3v) is 9.50. The Balaban J connectivity index is 1.64. The van der Waals surface area contributed by atoms with Crippen LogP contribution in [0.4, 0.5) is 0 Å². The zero-order chi connectivity index (χ0) is 31.5. The number of benzene rings is 2. The Morgan fingerprint density at radius 3 is 2.40 bits per heavy atom. The number of nitrogens with one attached hydrogen (secondary N) is 1. The predicted molar refractivity (Wildman–Crippen MR) is 158 cm³/mol. The number of carbonyl (C=O) groups is 5. The van der Waals surface area contributed by atoms with Crippen LogP contribution >= 0.6 is 0 Å². The first-order chi connectivity index (χ1) is 20.2. The molecule has 0 aliphatic heterocycles. The Kier molecular flexibility index (Phi) is 7.91. The number of primary amides is 1. The molecule has 228 valence electrons. The molecule has 2 aromatic carbocycles. The summed E-state index contributed by atoms with van der Waals surface area (Å²) in [6.07, 6.45) is 0.956. The third kappa shape index (κ3) is 4.72. The van der Waals surface area contributed by atoms with Crippen molar-refractivity contribution in [3.63, 3.8) is 0 Å². The van der Waals surface area contributed by atoms with Crippen molar-refractivity contribution in [1.82, 2.24) is 10.2 Å². The average Bonchev–Trinajstić information content (AvgIpc) is 2.93. The van der Waals surface area contributed by atoms with Gasteiger partial charge in [-0.05, 0) is 79.2 Å². The van der Waals surface area contributed by atoms with Crippen molar-refractivity contribution in [2.45, 2.75) is 64.3 Å². The van der Waals surface area contributed by atoms with Crippen molar-refractivity contribution in [1.29, 1.82) is 0 Å². The summed E-state index contributed by atoms with van der Waals surface area (Å²) < 4.78 is 0. The molecule has 0 radical (unpaired) electrons. The lowest BCUT2D eigenvalue weighted by atomic mass is 9.52. The minimum absolute atomic E-state index is 0.00291. The van der Waals surface area contributed by atoms with E-state index in [9.17, 15) is 34.2 Å². The lowest BCUT2D eigenvalue weighted by Crippen LogP contribution is -2.74. The van der Waals surface area contributed by atoms with Crippen LogP contribution in [0.25, 0.3) is 11.1 Å². The van der Waals surface area contributed by atoms with E-state index >= 15 is 0 Å². The third-order valence-electron chi connectivity index (χ3n) is 9.50. The summed E-state index contributed by atoms with van der Waals surface area (Å²) in [5, 5.41) is 26.1. The Morgan fingerprint density at radius 2 is 1.79 bits per heavy atom. The van der Waals surface area contributed by atoms with E-state index in [1.54, 1.807) is 20.2 Å². The average molecular weight is 590 g/mol. The van der Waals surface area contributed by atoms with Gasteiger partial charge in [0.05, 0.1) is 17.5 Å². The number of ketones is 4. The molecule has 0 aromatic heterocycles. The fraction of sp³-hybridized carbons (Fsp3) is 0.485. The second-order valence-electron chi connectivity index (χ2n) is 12.7. The molecule has 43 heavy (non-hydrogen) atoms. The maximum atomic E-state index is 14.1. The molecular weight excluding hydrogens is 550 g/mol. The van der Waals surface area contributed by atoms with Crippen molar-refractivity contribution in [2.24, 2.45) is 29.4 Å². The minimum atomic E-state index is -2.74. The Morgan fingerprint density at radius 1 is 1.09 bits per heavy atom. The first-order valence-corrected chi connectivity index (χ1v) is 14.8. The number of amides is 1. The van der Waals surface area contributed by atoms with Gasteiger partial charge in [0.25, 0.3) is 0 Å². The molecule has 0 bridgehead atoms. The molecule has 10 heteroatoms. The van der Waals surface area contributed by atoms with Gasteiger partial charge in [0.1, 0.15) is 5.75 Å². The van der Waals surface area contributed by atoms with Gasteiger partial charge in [0.2, 0.25) is 5.91 Å². The number of hydrogen-bond donors (Lipinski definition) is 4. The van der Waals surface area contributed by atoms with E-state index in [1.165, 1.54) is 11.0 Å². The van der Waals surface area contributed by atoms with Crippen molar-refractivity contribution >= 4 is 29.0 Å². The molecule has 2 fully saturated rings. The van der Waals surface area contributed by atoms with E-state index in [4.69, 9.17) is 5.73 Å². The lowest BCUT2D eigenvalue weighted by Gasteiger charge is -2.52. The zero-order valence-corrected chi connectivity index (χ0v) is 25.1. The van der Waals surface area contributed by atoms with E-state index in [0.29, 0.717) is 12.1 Å². The quantitative estimate of drug-likeness (QED) is 0.351. The molecule has 3 aliphatic carbocycles. The van der Waals surface area contributed by atoms with Crippen LogP contribution in [0.3, 0.4) is 0 Å². The van der Waals surface area contributed by atoms with Crippen LogP contribution in [-0.2, 0) is 38.6 Å². The number of Topliss-reactive ketones (excluding diaryl/α,β-unsaturated/α-hetero) is 4. The highest BCUT2D eigenvalue weighted by Gasteiger charge is 2.69. The van der Waals surface area contributed by atoms with Gasteiger partial charge in [-0.3, -0.25) is 28.9 Å². The Hall–Kier alpha value is -3.73. The summed E-state index contributed by atoms with van der Waals surface area (Å²) in [5.74, 6) is -10.5. The summed E-state index contributed by atoms with van der Waals surface area (Å²) >= 11 is 0.